The molecule has 1 aromatic rings. The Morgan fingerprint density at radius 1 is 1.36 bits per heavy atom. The van der Waals surface area contributed by atoms with Crippen LogP contribution in [0, 0.1) is 13.8 Å². The van der Waals surface area contributed by atoms with Crippen molar-refractivity contribution in [2.75, 3.05) is 26.7 Å². The molecule has 3 amide bonds. The minimum absolute atomic E-state index is 0.00686. The molecule has 0 bridgehead atoms. The SMILES string of the molecule is Cc1nc([C@H](C)N(C)C(=O)NCC(=O)N2CCCC2)c(C)s1. The van der Waals surface area contributed by atoms with Gasteiger partial charge < -0.3 is 15.1 Å². The third-order valence-electron chi connectivity index (χ3n) is 4.09. The van der Waals surface area contributed by atoms with E-state index in [1.807, 2.05) is 20.8 Å². The summed E-state index contributed by atoms with van der Waals surface area (Å²) in [6, 6.07) is -0.364. The van der Waals surface area contributed by atoms with Crippen LogP contribution < -0.4 is 5.32 Å². The van der Waals surface area contributed by atoms with E-state index in [4.69, 9.17) is 0 Å². The molecule has 0 radical (unpaired) electrons. The Morgan fingerprint density at radius 3 is 2.55 bits per heavy atom. The molecule has 0 aliphatic carbocycles. The topological polar surface area (TPSA) is 65.5 Å². The number of rotatable bonds is 4. The Morgan fingerprint density at radius 2 is 2.00 bits per heavy atom. The molecule has 0 spiro atoms. The van der Waals surface area contributed by atoms with E-state index in [9.17, 15) is 9.59 Å². The number of aromatic nitrogens is 1. The number of hydrogen-bond acceptors (Lipinski definition) is 4. The number of carbonyl (C=O) groups excluding carboxylic acids is 2. The van der Waals surface area contributed by atoms with E-state index in [0.717, 1.165) is 41.5 Å². The molecule has 1 aliphatic rings. The summed E-state index contributed by atoms with van der Waals surface area (Å²) in [6.45, 7) is 7.59. The van der Waals surface area contributed by atoms with E-state index in [0.29, 0.717) is 0 Å². The second-order valence-corrected chi connectivity index (χ2v) is 7.12. The van der Waals surface area contributed by atoms with Crippen molar-refractivity contribution in [1.82, 2.24) is 20.1 Å². The number of likely N-dealkylation sites (tertiary alicyclic amines) is 1. The van der Waals surface area contributed by atoms with Crippen LogP contribution >= 0.6 is 11.3 Å². The van der Waals surface area contributed by atoms with Crippen molar-refractivity contribution in [3.63, 3.8) is 0 Å². The summed E-state index contributed by atoms with van der Waals surface area (Å²) >= 11 is 1.63. The molecule has 2 rings (SSSR count). The zero-order valence-electron chi connectivity index (χ0n) is 13.7. The quantitative estimate of drug-likeness (QED) is 0.922. The van der Waals surface area contributed by atoms with Crippen molar-refractivity contribution in [3.05, 3.63) is 15.6 Å². The van der Waals surface area contributed by atoms with Crippen LogP contribution in [0.25, 0.3) is 0 Å². The van der Waals surface area contributed by atoms with Gasteiger partial charge in [-0.2, -0.15) is 0 Å². The van der Waals surface area contributed by atoms with Gasteiger partial charge in [-0.25, -0.2) is 9.78 Å². The predicted octanol–water partition coefficient (Wildman–Crippen LogP) is 2.08. The molecule has 1 saturated heterocycles. The molecule has 1 aromatic heterocycles. The summed E-state index contributed by atoms with van der Waals surface area (Å²) in [5.41, 5.74) is 0.922. The number of urea groups is 1. The Labute approximate surface area is 135 Å². The lowest BCUT2D eigenvalue weighted by atomic mass is 10.2. The number of thiazole rings is 1. The summed E-state index contributed by atoms with van der Waals surface area (Å²) in [7, 11) is 1.73. The van der Waals surface area contributed by atoms with Crippen molar-refractivity contribution < 1.29 is 9.59 Å². The number of amides is 3. The van der Waals surface area contributed by atoms with Gasteiger partial charge in [0, 0.05) is 25.0 Å². The fourth-order valence-corrected chi connectivity index (χ4v) is 3.55. The van der Waals surface area contributed by atoms with E-state index in [1.54, 1.807) is 28.2 Å². The smallest absolute Gasteiger partial charge is 0.318 e. The summed E-state index contributed by atoms with van der Waals surface area (Å²) in [5, 5.41) is 3.70. The molecule has 6 nitrogen and oxygen atoms in total. The van der Waals surface area contributed by atoms with E-state index in [1.165, 1.54) is 0 Å². The van der Waals surface area contributed by atoms with Gasteiger partial charge in [-0.3, -0.25) is 4.79 Å². The molecule has 22 heavy (non-hydrogen) atoms. The normalized spacial score (nSPS) is 15.7. The number of nitrogens with zero attached hydrogens (tertiary/aromatic N) is 3. The zero-order chi connectivity index (χ0) is 16.3. The van der Waals surface area contributed by atoms with E-state index in [2.05, 4.69) is 10.3 Å². The van der Waals surface area contributed by atoms with Gasteiger partial charge in [0.15, 0.2) is 0 Å². The first-order chi connectivity index (χ1) is 10.4. The molecule has 1 aliphatic heterocycles. The molecule has 0 saturated carbocycles. The number of nitrogens with one attached hydrogen (secondary N) is 1. The van der Waals surface area contributed by atoms with Gasteiger partial charge in [0.2, 0.25) is 5.91 Å². The van der Waals surface area contributed by atoms with Crippen LogP contribution in [0.15, 0.2) is 0 Å². The number of aryl methyl sites for hydroxylation is 2. The lowest BCUT2D eigenvalue weighted by Gasteiger charge is -2.25. The second-order valence-electron chi connectivity index (χ2n) is 5.71. The Hall–Kier alpha value is -1.63. The van der Waals surface area contributed by atoms with Crippen molar-refractivity contribution >= 4 is 23.3 Å². The molecule has 122 valence electrons. The predicted molar refractivity (Wildman–Crippen MR) is 87.0 cm³/mol. The van der Waals surface area contributed by atoms with Gasteiger partial charge >= 0.3 is 6.03 Å². The van der Waals surface area contributed by atoms with Gasteiger partial charge in [0.1, 0.15) is 0 Å². The lowest BCUT2D eigenvalue weighted by Crippen LogP contribution is -2.44. The van der Waals surface area contributed by atoms with Crippen molar-refractivity contribution in [2.24, 2.45) is 0 Å². The van der Waals surface area contributed by atoms with Crippen LogP contribution in [0.4, 0.5) is 4.79 Å². The van der Waals surface area contributed by atoms with Crippen LogP contribution in [0.2, 0.25) is 0 Å². The van der Waals surface area contributed by atoms with Crippen molar-refractivity contribution in [3.8, 4) is 0 Å². The highest BCUT2D eigenvalue weighted by atomic mass is 32.1. The average Bonchev–Trinajstić information content (AvgIpc) is 3.12. The van der Waals surface area contributed by atoms with Crippen molar-refractivity contribution in [2.45, 2.75) is 39.7 Å². The fraction of sp³-hybridized carbons (Fsp3) is 0.667. The van der Waals surface area contributed by atoms with Crippen LogP contribution in [-0.2, 0) is 4.79 Å². The fourth-order valence-electron chi connectivity index (χ4n) is 2.65. The Bertz CT molecular complexity index is 552. The summed E-state index contributed by atoms with van der Waals surface area (Å²) in [6.07, 6.45) is 2.11. The molecule has 7 heteroatoms. The molecule has 1 N–H and O–H groups in total. The van der Waals surface area contributed by atoms with Crippen LogP contribution in [0.1, 0.15) is 41.4 Å². The van der Waals surface area contributed by atoms with E-state index >= 15 is 0 Å². The standard InChI is InChI=1S/C15H24N4O2S/c1-10(14-11(2)22-12(3)17-14)18(4)15(21)16-9-13(20)19-7-5-6-8-19/h10H,5-9H2,1-4H3,(H,16,21)/t10-/m0/s1. The molecule has 1 atom stereocenters. The number of carbonyl (C=O) groups is 2. The van der Waals surface area contributed by atoms with Gasteiger partial charge in [0.25, 0.3) is 0 Å². The third kappa shape index (κ3) is 3.76. The highest BCUT2D eigenvalue weighted by Crippen LogP contribution is 2.25. The third-order valence-corrected chi connectivity index (χ3v) is 4.99. The molecule has 1 fully saturated rings. The molecular weight excluding hydrogens is 300 g/mol. The molecule has 2 heterocycles. The first kappa shape index (κ1) is 16.7. The molecular formula is C15H24N4O2S. The summed E-state index contributed by atoms with van der Waals surface area (Å²) in [4.78, 5) is 33.2. The van der Waals surface area contributed by atoms with Gasteiger partial charge in [-0.05, 0) is 33.6 Å². The lowest BCUT2D eigenvalue weighted by molar-refractivity contribution is -0.129. The average molecular weight is 324 g/mol. The van der Waals surface area contributed by atoms with E-state index < -0.39 is 0 Å². The monoisotopic (exact) mass is 324 g/mol. The number of hydrogen-bond donors (Lipinski definition) is 1. The maximum Gasteiger partial charge on any atom is 0.318 e. The second kappa shape index (κ2) is 7.09. The maximum atomic E-state index is 12.2. The Balaban J connectivity index is 1.88. The van der Waals surface area contributed by atoms with E-state index in [-0.39, 0.29) is 24.5 Å². The van der Waals surface area contributed by atoms with Crippen LogP contribution in [0.3, 0.4) is 0 Å². The van der Waals surface area contributed by atoms with Crippen LogP contribution in [0.5, 0.6) is 0 Å². The minimum atomic E-state index is -0.245. The van der Waals surface area contributed by atoms with Gasteiger partial charge in [-0.15, -0.1) is 11.3 Å². The minimum Gasteiger partial charge on any atom is -0.341 e. The van der Waals surface area contributed by atoms with Gasteiger partial charge in [-0.1, -0.05) is 0 Å². The largest absolute Gasteiger partial charge is 0.341 e. The highest BCUT2D eigenvalue weighted by molar-refractivity contribution is 7.11. The highest BCUT2D eigenvalue weighted by Gasteiger charge is 2.23. The maximum absolute atomic E-state index is 12.2. The first-order valence-electron chi connectivity index (χ1n) is 7.62. The summed E-state index contributed by atoms with van der Waals surface area (Å²) < 4.78 is 0. The molecule has 0 aromatic carbocycles. The molecule has 0 unspecified atom stereocenters. The van der Waals surface area contributed by atoms with Crippen molar-refractivity contribution in [1.29, 1.82) is 0 Å². The van der Waals surface area contributed by atoms with Crippen LogP contribution in [-0.4, -0.2) is 53.4 Å². The summed E-state index contributed by atoms with van der Waals surface area (Å²) in [5.74, 6) is -0.00686. The first-order valence-corrected chi connectivity index (χ1v) is 8.44. The Kier molecular flexibility index (Phi) is 5.39. The zero-order valence-corrected chi connectivity index (χ0v) is 14.5. The van der Waals surface area contributed by atoms with Gasteiger partial charge in [0.05, 0.1) is 23.3 Å².